The summed E-state index contributed by atoms with van der Waals surface area (Å²) in [5.74, 6) is 0.303. The summed E-state index contributed by atoms with van der Waals surface area (Å²) in [5, 5.41) is 2.91. The summed E-state index contributed by atoms with van der Waals surface area (Å²) in [6.07, 6.45) is 0.981. The zero-order chi connectivity index (χ0) is 19.2. The molecule has 1 N–H and O–H groups in total. The molecule has 0 unspecified atom stereocenters. The van der Waals surface area contributed by atoms with Gasteiger partial charge in [0.1, 0.15) is 5.75 Å². The van der Waals surface area contributed by atoms with Crippen molar-refractivity contribution in [2.75, 3.05) is 6.61 Å². The van der Waals surface area contributed by atoms with E-state index < -0.39 is 12.1 Å². The molecule has 1 atom stereocenters. The van der Waals surface area contributed by atoms with Crippen molar-refractivity contribution in [3.63, 3.8) is 0 Å². The number of hydrogen-bond donors (Lipinski definition) is 1. The number of ether oxygens (including phenoxy) is 2. The number of carbonyl (C=O) groups is 2. The molecule has 1 amide bonds. The van der Waals surface area contributed by atoms with Crippen molar-refractivity contribution >= 4 is 11.9 Å². The van der Waals surface area contributed by atoms with Gasteiger partial charge in [-0.1, -0.05) is 44.2 Å². The number of amides is 1. The fraction of sp³-hybridized carbons (Fsp3) is 0.364. The van der Waals surface area contributed by atoms with Crippen molar-refractivity contribution in [3.8, 4) is 5.75 Å². The van der Waals surface area contributed by atoms with Crippen LogP contribution < -0.4 is 10.1 Å². The predicted molar refractivity (Wildman–Crippen MR) is 103 cm³/mol. The second-order valence-corrected chi connectivity index (χ2v) is 7.21. The molecule has 0 bridgehead atoms. The standard InChI is InChI=1S/C22H25NO4/c1-15(2)14-26-19-12-8-17(9-13-19)22(25)27-20(16-6-4-3-5-7-16)21(24)23-18-10-11-18/h3-9,12-13,15,18,20H,10-11,14H2,1-2H3,(H,23,24)/t20-/m1/s1. The molecular formula is C22H25NO4. The first-order valence-electron chi connectivity index (χ1n) is 9.32. The molecule has 5 nitrogen and oxygen atoms in total. The third kappa shape index (κ3) is 5.58. The Hall–Kier alpha value is -2.82. The molecule has 0 aromatic heterocycles. The van der Waals surface area contributed by atoms with Crippen molar-refractivity contribution in [2.45, 2.75) is 38.8 Å². The van der Waals surface area contributed by atoms with Gasteiger partial charge >= 0.3 is 5.97 Å². The molecule has 142 valence electrons. The van der Waals surface area contributed by atoms with Crippen LogP contribution in [-0.4, -0.2) is 24.5 Å². The fourth-order valence-electron chi connectivity index (χ4n) is 2.53. The Bertz CT molecular complexity index is 767. The lowest BCUT2D eigenvalue weighted by atomic mass is 10.1. The van der Waals surface area contributed by atoms with E-state index in [0.29, 0.717) is 29.4 Å². The molecular weight excluding hydrogens is 342 g/mol. The van der Waals surface area contributed by atoms with E-state index in [1.165, 1.54) is 0 Å². The molecule has 1 aliphatic carbocycles. The predicted octanol–water partition coefficient (Wildman–Crippen LogP) is 3.90. The molecule has 0 saturated heterocycles. The minimum Gasteiger partial charge on any atom is -0.493 e. The minimum absolute atomic E-state index is 0.194. The maximum Gasteiger partial charge on any atom is 0.339 e. The highest BCUT2D eigenvalue weighted by molar-refractivity contribution is 5.93. The lowest BCUT2D eigenvalue weighted by molar-refractivity contribution is -0.130. The van der Waals surface area contributed by atoms with Gasteiger partial charge in [-0.15, -0.1) is 0 Å². The van der Waals surface area contributed by atoms with Crippen molar-refractivity contribution in [2.24, 2.45) is 5.92 Å². The monoisotopic (exact) mass is 367 g/mol. The van der Waals surface area contributed by atoms with Crippen molar-refractivity contribution in [3.05, 3.63) is 65.7 Å². The van der Waals surface area contributed by atoms with Gasteiger partial charge in [-0.2, -0.15) is 0 Å². The highest BCUT2D eigenvalue weighted by atomic mass is 16.5. The van der Waals surface area contributed by atoms with E-state index in [0.717, 1.165) is 12.8 Å². The maximum atomic E-state index is 12.6. The van der Waals surface area contributed by atoms with Crippen LogP contribution in [0.4, 0.5) is 0 Å². The van der Waals surface area contributed by atoms with Crippen LogP contribution in [0.25, 0.3) is 0 Å². The second-order valence-electron chi connectivity index (χ2n) is 7.21. The summed E-state index contributed by atoms with van der Waals surface area (Å²) in [4.78, 5) is 25.1. The number of nitrogens with one attached hydrogen (secondary N) is 1. The average molecular weight is 367 g/mol. The van der Waals surface area contributed by atoms with Gasteiger partial charge in [0.05, 0.1) is 12.2 Å². The van der Waals surface area contributed by atoms with E-state index in [1.807, 2.05) is 18.2 Å². The molecule has 2 aromatic rings. The molecule has 1 fully saturated rings. The van der Waals surface area contributed by atoms with E-state index in [4.69, 9.17) is 9.47 Å². The van der Waals surface area contributed by atoms with Crippen molar-refractivity contribution < 1.29 is 19.1 Å². The van der Waals surface area contributed by atoms with Gasteiger partial charge in [0, 0.05) is 11.6 Å². The van der Waals surface area contributed by atoms with Crippen LogP contribution in [0.1, 0.15) is 48.7 Å². The van der Waals surface area contributed by atoms with E-state index in [1.54, 1.807) is 36.4 Å². The summed E-state index contributed by atoms with van der Waals surface area (Å²) in [7, 11) is 0. The number of rotatable bonds is 8. The van der Waals surface area contributed by atoms with Gasteiger partial charge in [-0.3, -0.25) is 4.79 Å². The summed E-state index contributed by atoms with van der Waals surface area (Å²) >= 11 is 0. The second kappa shape index (κ2) is 8.71. The molecule has 0 heterocycles. The Morgan fingerprint density at radius 1 is 1.04 bits per heavy atom. The Kier molecular flexibility index (Phi) is 6.12. The third-order valence-electron chi connectivity index (χ3n) is 4.16. The van der Waals surface area contributed by atoms with Crippen LogP contribution in [-0.2, 0) is 9.53 Å². The number of carbonyl (C=O) groups excluding carboxylic acids is 2. The van der Waals surface area contributed by atoms with Gasteiger partial charge in [-0.05, 0) is 43.0 Å². The molecule has 27 heavy (non-hydrogen) atoms. The Morgan fingerprint density at radius 3 is 2.30 bits per heavy atom. The van der Waals surface area contributed by atoms with Crippen LogP contribution in [0, 0.1) is 5.92 Å². The van der Waals surface area contributed by atoms with Gasteiger partial charge in [0.15, 0.2) is 0 Å². The summed E-state index contributed by atoms with van der Waals surface area (Å²) < 4.78 is 11.2. The topological polar surface area (TPSA) is 64.6 Å². The van der Waals surface area contributed by atoms with Crippen LogP contribution in [0.5, 0.6) is 5.75 Å². The molecule has 2 aromatic carbocycles. The Labute approximate surface area is 159 Å². The smallest absolute Gasteiger partial charge is 0.339 e. The maximum absolute atomic E-state index is 12.6. The average Bonchev–Trinajstić information content (AvgIpc) is 3.49. The van der Waals surface area contributed by atoms with Crippen LogP contribution >= 0.6 is 0 Å². The SMILES string of the molecule is CC(C)COc1ccc(C(=O)O[C@@H](C(=O)NC2CC2)c2ccccc2)cc1. The number of esters is 1. The first-order valence-corrected chi connectivity index (χ1v) is 9.32. The largest absolute Gasteiger partial charge is 0.493 e. The molecule has 1 saturated carbocycles. The van der Waals surface area contributed by atoms with E-state index in [-0.39, 0.29) is 11.9 Å². The van der Waals surface area contributed by atoms with Gasteiger partial charge in [0.25, 0.3) is 5.91 Å². The quantitative estimate of drug-likeness (QED) is 0.719. The highest BCUT2D eigenvalue weighted by Crippen LogP contribution is 2.24. The summed E-state index contributed by atoms with van der Waals surface area (Å²) in [5.41, 5.74) is 1.04. The minimum atomic E-state index is -0.962. The first kappa shape index (κ1) is 19.0. The van der Waals surface area contributed by atoms with Crippen molar-refractivity contribution in [1.82, 2.24) is 5.32 Å². The molecule has 3 rings (SSSR count). The first-order chi connectivity index (χ1) is 13.0. The van der Waals surface area contributed by atoms with Gasteiger partial charge in [-0.25, -0.2) is 4.79 Å². The van der Waals surface area contributed by atoms with E-state index >= 15 is 0 Å². The molecule has 0 aliphatic heterocycles. The molecule has 1 aliphatic rings. The normalized spacial score (nSPS) is 14.5. The fourth-order valence-corrected chi connectivity index (χ4v) is 2.53. The van der Waals surface area contributed by atoms with E-state index in [9.17, 15) is 9.59 Å². The third-order valence-corrected chi connectivity index (χ3v) is 4.16. The Morgan fingerprint density at radius 2 is 1.70 bits per heavy atom. The van der Waals surface area contributed by atoms with Crippen LogP contribution in [0.3, 0.4) is 0 Å². The van der Waals surface area contributed by atoms with Crippen LogP contribution in [0.2, 0.25) is 0 Å². The Balaban J connectivity index is 1.69. The highest BCUT2D eigenvalue weighted by Gasteiger charge is 2.31. The zero-order valence-electron chi connectivity index (χ0n) is 15.7. The van der Waals surface area contributed by atoms with Gasteiger partial charge < -0.3 is 14.8 Å². The van der Waals surface area contributed by atoms with Gasteiger partial charge in [0.2, 0.25) is 6.10 Å². The molecule has 0 radical (unpaired) electrons. The van der Waals surface area contributed by atoms with E-state index in [2.05, 4.69) is 19.2 Å². The number of benzene rings is 2. The van der Waals surface area contributed by atoms with Crippen LogP contribution in [0.15, 0.2) is 54.6 Å². The van der Waals surface area contributed by atoms with Crippen molar-refractivity contribution in [1.29, 1.82) is 0 Å². The number of hydrogen-bond acceptors (Lipinski definition) is 4. The zero-order valence-corrected chi connectivity index (χ0v) is 15.7. The molecule has 0 spiro atoms. The lowest BCUT2D eigenvalue weighted by Gasteiger charge is -2.18. The molecule has 5 heteroatoms. The summed E-state index contributed by atoms with van der Waals surface area (Å²) in [6.45, 7) is 4.76. The summed E-state index contributed by atoms with van der Waals surface area (Å²) in [6, 6.07) is 16.0. The lowest BCUT2D eigenvalue weighted by Crippen LogP contribution is -2.33.